The topological polar surface area (TPSA) is 92.5 Å². The van der Waals surface area contributed by atoms with Crippen LogP contribution in [0.3, 0.4) is 0 Å². The van der Waals surface area contributed by atoms with Crippen molar-refractivity contribution in [2.75, 3.05) is 12.4 Å². The number of aliphatic carboxylic acids is 1. The third-order valence-electron chi connectivity index (χ3n) is 2.37. The molecule has 0 radical (unpaired) electrons. The van der Waals surface area contributed by atoms with E-state index in [4.69, 9.17) is 16.7 Å². The van der Waals surface area contributed by atoms with Crippen LogP contribution in [0.15, 0.2) is 24.3 Å². The van der Waals surface area contributed by atoms with Crippen LogP contribution in [0.4, 0.5) is 5.69 Å². The summed E-state index contributed by atoms with van der Waals surface area (Å²) in [6.45, 7) is 0.394. The zero-order valence-corrected chi connectivity index (χ0v) is 10.3. The Morgan fingerprint density at radius 1 is 1.44 bits per heavy atom. The van der Waals surface area contributed by atoms with Gasteiger partial charge in [-0.15, -0.1) is 11.6 Å². The number of benzene rings is 1. The minimum absolute atomic E-state index is 0.0145. The molecular formula is C11H13ClN2O4. The van der Waals surface area contributed by atoms with Crippen molar-refractivity contribution in [3.63, 3.8) is 0 Å². The zero-order chi connectivity index (χ0) is 13.5. The summed E-state index contributed by atoms with van der Waals surface area (Å²) >= 11 is 5.48. The fourth-order valence-electron chi connectivity index (χ4n) is 1.47. The lowest BCUT2D eigenvalue weighted by Gasteiger charge is -2.13. The van der Waals surface area contributed by atoms with Crippen molar-refractivity contribution in [1.29, 1.82) is 0 Å². The van der Waals surface area contributed by atoms with Gasteiger partial charge in [0.1, 0.15) is 6.04 Å². The lowest BCUT2D eigenvalue weighted by atomic mass is 10.1. The van der Waals surface area contributed by atoms with Crippen molar-refractivity contribution in [2.24, 2.45) is 0 Å². The number of rotatable bonds is 7. The van der Waals surface area contributed by atoms with E-state index >= 15 is 0 Å². The van der Waals surface area contributed by atoms with Gasteiger partial charge in [0.15, 0.2) is 0 Å². The summed E-state index contributed by atoms with van der Waals surface area (Å²) in [5.41, 5.74) is 0.703. The predicted octanol–water partition coefficient (Wildman–Crippen LogP) is 1.42. The first-order valence-corrected chi connectivity index (χ1v) is 5.83. The van der Waals surface area contributed by atoms with Gasteiger partial charge >= 0.3 is 5.97 Å². The second-order valence-corrected chi connectivity index (χ2v) is 4.04. The Balaban J connectivity index is 2.68. The normalized spacial score (nSPS) is 12.1. The summed E-state index contributed by atoms with van der Waals surface area (Å²) in [5.74, 6) is -0.650. The number of halogens is 1. The highest BCUT2D eigenvalue weighted by Gasteiger charge is 2.17. The number of hydrogen-bond acceptors (Lipinski definition) is 4. The van der Waals surface area contributed by atoms with Gasteiger partial charge in [0.2, 0.25) is 0 Å². The Kier molecular flexibility index (Phi) is 5.54. The first-order chi connectivity index (χ1) is 8.54. The van der Waals surface area contributed by atoms with E-state index < -0.39 is 16.9 Å². The van der Waals surface area contributed by atoms with E-state index in [0.717, 1.165) is 5.56 Å². The lowest BCUT2D eigenvalue weighted by Crippen LogP contribution is -2.39. The number of non-ortho nitro benzene ring substituents is 1. The van der Waals surface area contributed by atoms with E-state index in [-0.39, 0.29) is 12.1 Å². The van der Waals surface area contributed by atoms with Crippen LogP contribution in [-0.4, -0.2) is 34.5 Å². The summed E-state index contributed by atoms with van der Waals surface area (Å²) in [6.07, 6.45) is 0.254. The van der Waals surface area contributed by atoms with E-state index in [2.05, 4.69) is 5.32 Å². The highest BCUT2D eigenvalue weighted by atomic mass is 35.5. The molecule has 0 amide bonds. The molecule has 18 heavy (non-hydrogen) atoms. The summed E-state index contributed by atoms with van der Waals surface area (Å²) in [4.78, 5) is 20.9. The first kappa shape index (κ1) is 14.4. The fourth-order valence-corrected chi connectivity index (χ4v) is 1.57. The number of carboxylic acid groups (broad SMARTS) is 1. The van der Waals surface area contributed by atoms with Crippen molar-refractivity contribution < 1.29 is 14.8 Å². The van der Waals surface area contributed by atoms with Crippen LogP contribution in [0.1, 0.15) is 5.56 Å². The molecule has 7 heteroatoms. The Bertz CT molecular complexity index is 422. The Hall–Kier alpha value is -1.66. The molecule has 2 N–H and O–H groups in total. The Morgan fingerprint density at radius 3 is 2.50 bits per heavy atom. The largest absolute Gasteiger partial charge is 0.480 e. The summed E-state index contributed by atoms with van der Waals surface area (Å²) in [6, 6.07) is 5.07. The maximum Gasteiger partial charge on any atom is 0.321 e. The average molecular weight is 273 g/mol. The molecule has 1 unspecified atom stereocenters. The van der Waals surface area contributed by atoms with Gasteiger partial charge in [-0.1, -0.05) is 12.1 Å². The highest BCUT2D eigenvalue weighted by molar-refractivity contribution is 6.18. The molecule has 0 fully saturated rings. The fraction of sp³-hybridized carbons (Fsp3) is 0.364. The van der Waals surface area contributed by atoms with E-state index in [9.17, 15) is 14.9 Å². The zero-order valence-electron chi connectivity index (χ0n) is 9.51. The third kappa shape index (κ3) is 4.31. The van der Waals surface area contributed by atoms with Gasteiger partial charge in [-0.25, -0.2) is 0 Å². The molecule has 0 aliphatic rings. The predicted molar refractivity (Wildman–Crippen MR) is 66.9 cm³/mol. The molecule has 0 aliphatic heterocycles. The van der Waals surface area contributed by atoms with Crippen LogP contribution in [0.5, 0.6) is 0 Å². The van der Waals surface area contributed by atoms with Crippen LogP contribution in [0, 0.1) is 10.1 Å². The molecule has 1 rings (SSSR count). The number of nitro benzene ring substituents is 1. The second-order valence-electron chi connectivity index (χ2n) is 3.66. The summed E-state index contributed by atoms with van der Waals surface area (Å²) in [5, 5.41) is 22.2. The molecule has 0 saturated carbocycles. The van der Waals surface area contributed by atoms with E-state index in [1.54, 1.807) is 12.1 Å². The maximum atomic E-state index is 11.0. The maximum absolute atomic E-state index is 11.0. The average Bonchev–Trinajstić information content (AvgIpc) is 2.34. The molecule has 0 bridgehead atoms. The van der Waals surface area contributed by atoms with Crippen LogP contribution in [-0.2, 0) is 11.2 Å². The molecule has 0 aliphatic carbocycles. The Morgan fingerprint density at radius 2 is 2.06 bits per heavy atom. The molecule has 0 aromatic heterocycles. The molecule has 0 saturated heterocycles. The Labute approximate surface area is 109 Å². The lowest BCUT2D eigenvalue weighted by molar-refractivity contribution is -0.384. The summed E-state index contributed by atoms with van der Waals surface area (Å²) < 4.78 is 0. The van der Waals surface area contributed by atoms with Gasteiger partial charge in [-0.2, -0.15) is 0 Å². The molecule has 0 spiro atoms. The van der Waals surface area contributed by atoms with E-state index in [1.807, 2.05) is 0 Å². The molecule has 0 heterocycles. The minimum Gasteiger partial charge on any atom is -0.480 e. The number of nitrogens with one attached hydrogen (secondary N) is 1. The van der Waals surface area contributed by atoms with Crippen molar-refractivity contribution in [3.8, 4) is 0 Å². The molecule has 1 aromatic rings. The van der Waals surface area contributed by atoms with Crippen molar-refractivity contribution in [2.45, 2.75) is 12.5 Å². The molecule has 1 atom stereocenters. The monoisotopic (exact) mass is 272 g/mol. The van der Waals surface area contributed by atoms with Gasteiger partial charge in [0, 0.05) is 24.6 Å². The van der Waals surface area contributed by atoms with Crippen LogP contribution in [0.25, 0.3) is 0 Å². The second kappa shape index (κ2) is 6.93. The highest BCUT2D eigenvalue weighted by Crippen LogP contribution is 2.13. The van der Waals surface area contributed by atoms with E-state index in [1.165, 1.54) is 12.1 Å². The number of nitro groups is 1. The van der Waals surface area contributed by atoms with Gasteiger partial charge < -0.3 is 10.4 Å². The summed E-state index contributed by atoms with van der Waals surface area (Å²) in [7, 11) is 0. The number of carbonyl (C=O) groups is 1. The van der Waals surface area contributed by atoms with Crippen LogP contribution in [0.2, 0.25) is 0 Å². The molecular weight excluding hydrogens is 260 g/mol. The minimum atomic E-state index is -0.974. The van der Waals surface area contributed by atoms with Crippen molar-refractivity contribution in [1.82, 2.24) is 5.32 Å². The standard InChI is InChI=1S/C11H13ClN2O4/c12-5-6-13-10(11(15)16)7-8-1-3-9(4-2-8)14(17)18/h1-4,10,13H,5-7H2,(H,15,16). The van der Waals surface area contributed by atoms with Gasteiger partial charge in [0.05, 0.1) is 4.92 Å². The number of hydrogen-bond donors (Lipinski definition) is 2. The van der Waals surface area contributed by atoms with Crippen molar-refractivity contribution >= 4 is 23.3 Å². The SMILES string of the molecule is O=C(O)C(Cc1ccc([N+](=O)[O-])cc1)NCCCl. The van der Waals surface area contributed by atoms with Crippen LogP contribution < -0.4 is 5.32 Å². The van der Waals surface area contributed by atoms with Gasteiger partial charge in [-0.05, 0) is 12.0 Å². The first-order valence-electron chi connectivity index (χ1n) is 5.30. The van der Waals surface area contributed by atoms with Crippen molar-refractivity contribution in [3.05, 3.63) is 39.9 Å². The smallest absolute Gasteiger partial charge is 0.321 e. The van der Waals surface area contributed by atoms with E-state index in [0.29, 0.717) is 12.4 Å². The number of nitrogens with zero attached hydrogens (tertiary/aromatic N) is 1. The van der Waals surface area contributed by atoms with Crippen LogP contribution >= 0.6 is 11.6 Å². The quantitative estimate of drug-likeness (QED) is 0.445. The van der Waals surface area contributed by atoms with Gasteiger partial charge in [-0.3, -0.25) is 14.9 Å². The molecule has 98 valence electrons. The molecule has 1 aromatic carbocycles. The number of carboxylic acids is 1. The molecule has 6 nitrogen and oxygen atoms in total. The number of alkyl halides is 1. The third-order valence-corrected chi connectivity index (χ3v) is 2.56. The van der Waals surface area contributed by atoms with Gasteiger partial charge in [0.25, 0.3) is 5.69 Å².